The number of rotatable bonds is 5. The van der Waals surface area contributed by atoms with E-state index >= 15 is 0 Å². The number of aliphatic carboxylic acids is 1. The molecule has 0 aliphatic rings. The van der Waals surface area contributed by atoms with Crippen molar-refractivity contribution in [2.24, 2.45) is 11.8 Å². The summed E-state index contributed by atoms with van der Waals surface area (Å²) in [6, 6.07) is 0. The monoisotopic (exact) mass is 255 g/mol. The van der Waals surface area contributed by atoms with E-state index in [4.69, 9.17) is 5.11 Å². The summed E-state index contributed by atoms with van der Waals surface area (Å²) in [4.78, 5) is 22.4. The minimum absolute atomic E-state index is 0.146. The Morgan fingerprint density at radius 2 is 1.71 bits per heavy atom. The van der Waals surface area contributed by atoms with Crippen LogP contribution in [0.4, 0.5) is 13.2 Å². The molecule has 0 bridgehead atoms. The smallest absolute Gasteiger partial charge is 0.406 e. The molecule has 17 heavy (non-hydrogen) atoms. The van der Waals surface area contributed by atoms with Crippen LogP contribution in [-0.4, -0.2) is 41.1 Å². The average Bonchev–Trinajstić information content (AvgIpc) is 2.11. The largest absolute Gasteiger partial charge is 0.480 e. The lowest BCUT2D eigenvalue weighted by atomic mass is 9.96. The van der Waals surface area contributed by atoms with Gasteiger partial charge in [0.25, 0.3) is 0 Å². The van der Waals surface area contributed by atoms with Crippen LogP contribution in [0.15, 0.2) is 0 Å². The third-order valence-corrected chi connectivity index (χ3v) is 2.40. The Hall–Kier alpha value is -1.27. The van der Waals surface area contributed by atoms with Crippen molar-refractivity contribution in [1.29, 1.82) is 0 Å². The number of carboxylic acid groups (broad SMARTS) is 1. The van der Waals surface area contributed by atoms with Gasteiger partial charge in [-0.1, -0.05) is 20.8 Å². The molecule has 0 aliphatic heterocycles. The lowest BCUT2D eigenvalue weighted by molar-refractivity contribution is -0.168. The van der Waals surface area contributed by atoms with Gasteiger partial charge in [0.1, 0.15) is 13.1 Å². The molecule has 7 heteroatoms. The number of hydrogen-bond acceptors (Lipinski definition) is 2. The second-order valence-electron chi connectivity index (χ2n) is 4.24. The van der Waals surface area contributed by atoms with Crippen molar-refractivity contribution in [3.05, 3.63) is 0 Å². The van der Waals surface area contributed by atoms with Crippen LogP contribution in [0.5, 0.6) is 0 Å². The van der Waals surface area contributed by atoms with E-state index in [1.165, 1.54) is 6.92 Å². The van der Waals surface area contributed by atoms with Crippen LogP contribution in [0.3, 0.4) is 0 Å². The van der Waals surface area contributed by atoms with E-state index in [-0.39, 0.29) is 5.92 Å². The maximum atomic E-state index is 12.2. The summed E-state index contributed by atoms with van der Waals surface area (Å²) in [5.74, 6) is -3.04. The lowest BCUT2D eigenvalue weighted by Gasteiger charge is -2.26. The zero-order chi connectivity index (χ0) is 13.8. The molecule has 0 fully saturated rings. The maximum Gasteiger partial charge on any atom is 0.406 e. The molecule has 0 aromatic rings. The van der Waals surface area contributed by atoms with Gasteiger partial charge in [0.15, 0.2) is 0 Å². The number of carboxylic acids is 1. The summed E-state index contributed by atoms with van der Waals surface area (Å²) >= 11 is 0. The molecule has 0 rings (SSSR count). The van der Waals surface area contributed by atoms with Crippen LogP contribution in [0.25, 0.3) is 0 Å². The lowest BCUT2D eigenvalue weighted by Crippen LogP contribution is -2.45. The van der Waals surface area contributed by atoms with Gasteiger partial charge in [0.2, 0.25) is 5.91 Å². The molecule has 1 unspecified atom stereocenters. The minimum Gasteiger partial charge on any atom is -0.480 e. The van der Waals surface area contributed by atoms with Crippen LogP contribution >= 0.6 is 0 Å². The fourth-order valence-electron chi connectivity index (χ4n) is 1.16. The van der Waals surface area contributed by atoms with Crippen molar-refractivity contribution < 1.29 is 27.9 Å². The Balaban J connectivity index is 4.79. The summed E-state index contributed by atoms with van der Waals surface area (Å²) < 4.78 is 36.6. The number of carbonyl (C=O) groups is 2. The van der Waals surface area contributed by atoms with E-state index in [1.807, 2.05) is 0 Å². The standard InChI is InChI=1S/C10H16F3NO3/c1-6(2)7(3)9(17)14(4-8(15)16)5-10(11,12)13/h6-7H,4-5H2,1-3H3,(H,15,16). The van der Waals surface area contributed by atoms with Gasteiger partial charge in [-0.15, -0.1) is 0 Å². The molecule has 0 aromatic carbocycles. The van der Waals surface area contributed by atoms with Gasteiger partial charge in [-0.2, -0.15) is 13.2 Å². The van der Waals surface area contributed by atoms with Crippen LogP contribution in [0.2, 0.25) is 0 Å². The first-order valence-corrected chi connectivity index (χ1v) is 5.12. The molecule has 100 valence electrons. The zero-order valence-corrected chi connectivity index (χ0v) is 9.91. The highest BCUT2D eigenvalue weighted by molar-refractivity contribution is 5.83. The Morgan fingerprint density at radius 3 is 2.00 bits per heavy atom. The summed E-state index contributed by atoms with van der Waals surface area (Å²) in [6.45, 7) is 2.40. The van der Waals surface area contributed by atoms with Gasteiger partial charge in [0, 0.05) is 5.92 Å². The Morgan fingerprint density at radius 1 is 1.24 bits per heavy atom. The third-order valence-electron chi connectivity index (χ3n) is 2.40. The molecular weight excluding hydrogens is 239 g/mol. The van der Waals surface area contributed by atoms with Crippen molar-refractivity contribution in [3.8, 4) is 0 Å². The van der Waals surface area contributed by atoms with Crippen LogP contribution in [0, 0.1) is 11.8 Å². The van der Waals surface area contributed by atoms with Crippen molar-refractivity contribution in [3.63, 3.8) is 0 Å². The second-order valence-corrected chi connectivity index (χ2v) is 4.24. The molecular formula is C10H16F3NO3. The highest BCUT2D eigenvalue weighted by Gasteiger charge is 2.35. The second kappa shape index (κ2) is 5.88. The molecule has 1 N–H and O–H groups in total. The average molecular weight is 255 g/mol. The van der Waals surface area contributed by atoms with E-state index in [0.717, 1.165) is 0 Å². The van der Waals surface area contributed by atoms with Crippen molar-refractivity contribution >= 4 is 11.9 Å². The van der Waals surface area contributed by atoms with Crippen LogP contribution < -0.4 is 0 Å². The first kappa shape index (κ1) is 15.7. The zero-order valence-electron chi connectivity index (χ0n) is 9.91. The summed E-state index contributed by atoms with van der Waals surface area (Å²) in [7, 11) is 0. The van der Waals surface area contributed by atoms with Crippen molar-refractivity contribution in [2.45, 2.75) is 26.9 Å². The molecule has 1 amide bonds. The molecule has 0 saturated carbocycles. The topological polar surface area (TPSA) is 57.6 Å². The number of hydrogen-bond donors (Lipinski definition) is 1. The van der Waals surface area contributed by atoms with E-state index in [1.54, 1.807) is 13.8 Å². The Bertz CT molecular complexity index is 289. The number of carbonyl (C=O) groups excluding carboxylic acids is 1. The predicted octanol–water partition coefficient (Wildman–Crippen LogP) is 1.75. The quantitative estimate of drug-likeness (QED) is 0.814. The maximum absolute atomic E-state index is 12.2. The van der Waals surface area contributed by atoms with E-state index in [2.05, 4.69) is 0 Å². The molecule has 0 heterocycles. The summed E-state index contributed by atoms with van der Waals surface area (Å²) in [5, 5.41) is 8.49. The number of nitrogens with zero attached hydrogens (tertiary/aromatic N) is 1. The predicted molar refractivity (Wildman–Crippen MR) is 54.3 cm³/mol. The molecule has 0 spiro atoms. The fraction of sp³-hybridized carbons (Fsp3) is 0.800. The highest BCUT2D eigenvalue weighted by atomic mass is 19.4. The van der Waals surface area contributed by atoms with Crippen LogP contribution in [-0.2, 0) is 9.59 Å². The molecule has 0 radical (unpaired) electrons. The number of alkyl halides is 3. The molecule has 0 aliphatic carbocycles. The molecule has 4 nitrogen and oxygen atoms in total. The first-order valence-electron chi connectivity index (χ1n) is 5.12. The molecule has 0 aromatic heterocycles. The van der Waals surface area contributed by atoms with Gasteiger partial charge < -0.3 is 10.0 Å². The van der Waals surface area contributed by atoms with Gasteiger partial charge in [0.05, 0.1) is 0 Å². The van der Waals surface area contributed by atoms with Crippen LogP contribution in [0.1, 0.15) is 20.8 Å². The van der Waals surface area contributed by atoms with E-state index < -0.39 is 37.1 Å². The normalized spacial score (nSPS) is 13.6. The number of halogens is 3. The van der Waals surface area contributed by atoms with Gasteiger partial charge in [-0.25, -0.2) is 0 Å². The fourth-order valence-corrected chi connectivity index (χ4v) is 1.16. The van der Waals surface area contributed by atoms with Crippen molar-refractivity contribution in [2.75, 3.05) is 13.1 Å². The molecule has 0 saturated heterocycles. The molecule has 1 atom stereocenters. The van der Waals surface area contributed by atoms with Gasteiger partial charge >= 0.3 is 12.1 Å². The minimum atomic E-state index is -4.60. The Labute approximate surface area is 97.4 Å². The van der Waals surface area contributed by atoms with E-state index in [9.17, 15) is 22.8 Å². The van der Waals surface area contributed by atoms with E-state index in [0.29, 0.717) is 4.90 Å². The SMILES string of the molecule is CC(C)C(C)C(=O)N(CC(=O)O)CC(F)(F)F. The summed E-state index contributed by atoms with van der Waals surface area (Å²) in [6.07, 6.45) is -4.60. The van der Waals surface area contributed by atoms with Gasteiger partial charge in [-0.05, 0) is 5.92 Å². The summed E-state index contributed by atoms with van der Waals surface area (Å²) in [5.41, 5.74) is 0. The van der Waals surface area contributed by atoms with Crippen molar-refractivity contribution in [1.82, 2.24) is 4.90 Å². The van der Waals surface area contributed by atoms with Gasteiger partial charge in [-0.3, -0.25) is 9.59 Å². The number of amides is 1. The first-order chi connectivity index (χ1) is 7.54. The highest BCUT2D eigenvalue weighted by Crippen LogP contribution is 2.20. The Kier molecular flexibility index (Phi) is 5.44. The third kappa shape index (κ3) is 6.13.